The van der Waals surface area contributed by atoms with Crippen LogP contribution in [-0.4, -0.2) is 19.8 Å². The van der Waals surface area contributed by atoms with E-state index in [9.17, 15) is 8.78 Å². The molecular formula is C12H15F2N. The summed E-state index contributed by atoms with van der Waals surface area (Å²) < 4.78 is 26.8. The topological polar surface area (TPSA) is 12.0 Å². The third-order valence-electron chi connectivity index (χ3n) is 3.26. The molecule has 0 saturated carbocycles. The number of piperidine rings is 1. The third-order valence-corrected chi connectivity index (χ3v) is 3.26. The number of halogens is 2. The van der Waals surface area contributed by atoms with Crippen LogP contribution in [0.4, 0.5) is 8.78 Å². The summed E-state index contributed by atoms with van der Waals surface area (Å²) in [7, 11) is 0. The van der Waals surface area contributed by atoms with Crippen molar-refractivity contribution < 1.29 is 8.78 Å². The van der Waals surface area contributed by atoms with Gasteiger partial charge >= 0.3 is 0 Å². The lowest BCUT2D eigenvalue weighted by atomic mass is 9.74. The van der Waals surface area contributed by atoms with Crippen LogP contribution in [0.1, 0.15) is 18.4 Å². The van der Waals surface area contributed by atoms with Gasteiger partial charge in [-0.05, 0) is 37.6 Å². The van der Waals surface area contributed by atoms with E-state index < -0.39 is 12.1 Å². The monoisotopic (exact) mass is 211 g/mol. The molecule has 82 valence electrons. The second-order valence-corrected chi connectivity index (χ2v) is 4.14. The Morgan fingerprint density at radius 3 is 2.47 bits per heavy atom. The maximum atomic E-state index is 13.6. The van der Waals surface area contributed by atoms with Crippen LogP contribution in [0.3, 0.4) is 0 Å². The van der Waals surface area contributed by atoms with Crippen molar-refractivity contribution in [1.82, 2.24) is 5.32 Å². The van der Waals surface area contributed by atoms with Crippen molar-refractivity contribution in [3.63, 3.8) is 0 Å². The number of nitrogens with one attached hydrogen (secondary N) is 1. The first kappa shape index (κ1) is 10.6. The maximum Gasteiger partial charge on any atom is 0.127 e. The van der Waals surface area contributed by atoms with E-state index in [1.165, 1.54) is 6.07 Å². The van der Waals surface area contributed by atoms with E-state index in [1.54, 1.807) is 18.2 Å². The summed E-state index contributed by atoms with van der Waals surface area (Å²) in [6.07, 6.45) is 1.34. The second kappa shape index (κ2) is 4.27. The van der Waals surface area contributed by atoms with Gasteiger partial charge in [0.15, 0.2) is 0 Å². The van der Waals surface area contributed by atoms with E-state index >= 15 is 0 Å². The Morgan fingerprint density at radius 1 is 1.20 bits per heavy atom. The molecule has 3 heteroatoms. The maximum absolute atomic E-state index is 13.6. The number of alkyl halides is 1. The van der Waals surface area contributed by atoms with Gasteiger partial charge in [-0.15, -0.1) is 0 Å². The van der Waals surface area contributed by atoms with Crippen LogP contribution in [0, 0.1) is 5.82 Å². The zero-order chi connectivity index (χ0) is 10.7. The molecule has 0 aromatic heterocycles. The zero-order valence-corrected chi connectivity index (χ0v) is 8.60. The Kier molecular flexibility index (Phi) is 3.00. The molecule has 0 bridgehead atoms. The summed E-state index contributed by atoms with van der Waals surface area (Å²) >= 11 is 0. The van der Waals surface area contributed by atoms with Crippen LogP contribution in [-0.2, 0) is 5.41 Å². The molecule has 0 aliphatic carbocycles. The molecule has 1 aromatic rings. The SMILES string of the molecule is FCC1(c2ccccc2F)CCNCC1. The van der Waals surface area contributed by atoms with Gasteiger partial charge in [-0.1, -0.05) is 18.2 Å². The van der Waals surface area contributed by atoms with E-state index in [1.807, 2.05) is 0 Å². The fourth-order valence-corrected chi connectivity index (χ4v) is 2.27. The summed E-state index contributed by atoms with van der Waals surface area (Å²) in [5, 5.41) is 3.17. The van der Waals surface area contributed by atoms with Crippen LogP contribution in [0.15, 0.2) is 24.3 Å². The molecule has 1 fully saturated rings. The van der Waals surface area contributed by atoms with Crippen molar-refractivity contribution in [1.29, 1.82) is 0 Å². The van der Waals surface area contributed by atoms with Crippen LogP contribution >= 0.6 is 0 Å². The Balaban J connectivity index is 2.36. The molecule has 1 heterocycles. The largest absolute Gasteiger partial charge is 0.317 e. The second-order valence-electron chi connectivity index (χ2n) is 4.14. The predicted octanol–water partition coefficient (Wildman–Crippen LogP) is 2.42. The Morgan fingerprint density at radius 2 is 1.87 bits per heavy atom. The zero-order valence-electron chi connectivity index (χ0n) is 8.60. The molecule has 1 nitrogen and oxygen atoms in total. The average molecular weight is 211 g/mol. The lowest BCUT2D eigenvalue weighted by molar-refractivity contribution is 0.230. The standard InChI is InChI=1S/C12H15F2N/c13-9-12(5-7-15-8-6-12)10-3-1-2-4-11(10)14/h1-4,15H,5-9H2. The van der Waals surface area contributed by atoms with Gasteiger partial charge in [-0.3, -0.25) is 4.39 Å². The first-order valence-corrected chi connectivity index (χ1v) is 5.30. The van der Waals surface area contributed by atoms with E-state index in [-0.39, 0.29) is 5.82 Å². The van der Waals surface area contributed by atoms with Crippen LogP contribution < -0.4 is 5.32 Å². The van der Waals surface area contributed by atoms with Crippen molar-refractivity contribution in [2.45, 2.75) is 18.3 Å². The summed E-state index contributed by atoms with van der Waals surface area (Å²) in [5.41, 5.74) is -0.0645. The lowest BCUT2D eigenvalue weighted by Gasteiger charge is -2.35. The normalized spacial score (nSPS) is 20.1. The van der Waals surface area contributed by atoms with E-state index in [2.05, 4.69) is 5.32 Å². The minimum Gasteiger partial charge on any atom is -0.317 e. The number of benzene rings is 1. The fraction of sp³-hybridized carbons (Fsp3) is 0.500. The molecule has 15 heavy (non-hydrogen) atoms. The first-order valence-electron chi connectivity index (χ1n) is 5.30. The molecule has 0 unspecified atom stereocenters. The van der Waals surface area contributed by atoms with E-state index in [0.29, 0.717) is 18.4 Å². The van der Waals surface area contributed by atoms with Gasteiger partial charge < -0.3 is 5.32 Å². The van der Waals surface area contributed by atoms with Gasteiger partial charge in [0.1, 0.15) is 5.82 Å². The highest BCUT2D eigenvalue weighted by Gasteiger charge is 2.35. The highest BCUT2D eigenvalue weighted by molar-refractivity contribution is 5.28. The molecule has 1 aliphatic heterocycles. The average Bonchev–Trinajstić information content (AvgIpc) is 2.30. The molecular weight excluding hydrogens is 196 g/mol. The van der Waals surface area contributed by atoms with Gasteiger partial charge in [-0.25, -0.2) is 4.39 Å². The van der Waals surface area contributed by atoms with Crippen molar-refractivity contribution in [3.05, 3.63) is 35.6 Å². The molecule has 1 saturated heterocycles. The molecule has 1 aromatic carbocycles. The summed E-state index contributed by atoms with van der Waals surface area (Å²) in [6.45, 7) is 1.05. The molecule has 0 atom stereocenters. The van der Waals surface area contributed by atoms with E-state index in [4.69, 9.17) is 0 Å². The van der Waals surface area contributed by atoms with Crippen LogP contribution in [0.2, 0.25) is 0 Å². The molecule has 1 N–H and O–H groups in total. The van der Waals surface area contributed by atoms with Crippen LogP contribution in [0.25, 0.3) is 0 Å². The van der Waals surface area contributed by atoms with E-state index in [0.717, 1.165) is 13.1 Å². The molecule has 1 aliphatic rings. The van der Waals surface area contributed by atoms with Crippen molar-refractivity contribution in [2.24, 2.45) is 0 Å². The van der Waals surface area contributed by atoms with Gasteiger partial charge in [0, 0.05) is 5.41 Å². The summed E-state index contributed by atoms with van der Waals surface area (Å²) in [5.74, 6) is -0.281. The Bertz CT molecular complexity index is 332. The third kappa shape index (κ3) is 1.88. The van der Waals surface area contributed by atoms with Gasteiger partial charge in [0.25, 0.3) is 0 Å². The number of rotatable bonds is 2. The highest BCUT2D eigenvalue weighted by atomic mass is 19.1. The quantitative estimate of drug-likeness (QED) is 0.792. The minimum absolute atomic E-state index is 0.281. The molecule has 0 radical (unpaired) electrons. The Labute approximate surface area is 88.5 Å². The number of hydrogen-bond donors (Lipinski definition) is 1. The highest BCUT2D eigenvalue weighted by Crippen LogP contribution is 2.35. The lowest BCUT2D eigenvalue weighted by Crippen LogP contribution is -2.42. The fourth-order valence-electron chi connectivity index (χ4n) is 2.27. The molecule has 0 spiro atoms. The number of hydrogen-bond acceptors (Lipinski definition) is 1. The van der Waals surface area contributed by atoms with Crippen LogP contribution in [0.5, 0.6) is 0 Å². The first-order chi connectivity index (χ1) is 7.28. The smallest absolute Gasteiger partial charge is 0.127 e. The van der Waals surface area contributed by atoms with Gasteiger partial charge in [0.2, 0.25) is 0 Å². The van der Waals surface area contributed by atoms with Gasteiger partial charge in [-0.2, -0.15) is 0 Å². The van der Waals surface area contributed by atoms with Crippen molar-refractivity contribution in [2.75, 3.05) is 19.8 Å². The predicted molar refractivity (Wildman–Crippen MR) is 56.2 cm³/mol. The van der Waals surface area contributed by atoms with Crippen molar-refractivity contribution >= 4 is 0 Å². The minimum atomic E-state index is -0.601. The van der Waals surface area contributed by atoms with Crippen molar-refractivity contribution in [3.8, 4) is 0 Å². The van der Waals surface area contributed by atoms with Gasteiger partial charge in [0.05, 0.1) is 6.67 Å². The summed E-state index contributed by atoms with van der Waals surface area (Å²) in [4.78, 5) is 0. The summed E-state index contributed by atoms with van der Waals surface area (Å²) in [6, 6.07) is 6.54. The Hall–Kier alpha value is -0.960. The molecule has 0 amide bonds. The molecule has 2 rings (SSSR count).